The van der Waals surface area contributed by atoms with Crippen LogP contribution in [0.3, 0.4) is 0 Å². The molecule has 3 heterocycles. The SMILES string of the molecule is Cc1cccc(COc2ccc(/C(O)=C3\C(=O)C(=O)N(c4nnc(SCc5ccccc5)s4)C3c3ccncc3)cc2)c1. The van der Waals surface area contributed by atoms with Crippen LogP contribution in [0.25, 0.3) is 5.76 Å². The number of hydrogen-bond donors (Lipinski definition) is 1. The fourth-order valence-corrected chi connectivity index (χ4v) is 6.62. The number of carbonyl (C=O) groups is 2. The second-order valence-electron chi connectivity index (χ2n) is 9.88. The summed E-state index contributed by atoms with van der Waals surface area (Å²) in [6.07, 6.45) is 3.16. The molecule has 1 atom stereocenters. The van der Waals surface area contributed by atoms with Crippen LogP contribution in [0, 0.1) is 6.92 Å². The molecule has 6 rings (SSSR count). The first-order valence-corrected chi connectivity index (χ1v) is 15.3. The minimum absolute atomic E-state index is 0.0293. The second kappa shape index (κ2) is 12.6. The van der Waals surface area contributed by atoms with Crippen molar-refractivity contribution in [2.45, 2.75) is 29.7 Å². The zero-order valence-electron chi connectivity index (χ0n) is 23.1. The highest BCUT2D eigenvalue weighted by molar-refractivity contribution is 8.00. The molecule has 3 aromatic carbocycles. The number of anilines is 1. The molecule has 1 aliphatic heterocycles. The number of Topliss-reactive ketones (excluding diaryl/α,β-unsaturated/α-hetero) is 1. The maximum Gasteiger partial charge on any atom is 0.301 e. The Morgan fingerprint density at radius 3 is 2.42 bits per heavy atom. The Balaban J connectivity index is 1.28. The van der Waals surface area contributed by atoms with Crippen LogP contribution >= 0.6 is 23.1 Å². The first-order chi connectivity index (χ1) is 21.0. The number of rotatable bonds is 9. The predicted molar refractivity (Wildman–Crippen MR) is 167 cm³/mol. The normalized spacial score (nSPS) is 16.0. The summed E-state index contributed by atoms with van der Waals surface area (Å²) in [5, 5.41) is 20.2. The summed E-state index contributed by atoms with van der Waals surface area (Å²) in [7, 11) is 0. The number of aliphatic hydroxyl groups excluding tert-OH is 1. The van der Waals surface area contributed by atoms with Crippen LogP contribution < -0.4 is 9.64 Å². The quantitative estimate of drug-likeness (QED) is 0.0647. The lowest BCUT2D eigenvalue weighted by Crippen LogP contribution is -2.29. The average Bonchev–Trinajstić information content (AvgIpc) is 3.61. The molecule has 1 amide bonds. The summed E-state index contributed by atoms with van der Waals surface area (Å²) in [6.45, 7) is 2.42. The molecule has 0 saturated carbocycles. The minimum Gasteiger partial charge on any atom is -0.507 e. The molecule has 1 aliphatic rings. The van der Waals surface area contributed by atoms with Crippen LogP contribution in [0.15, 0.2) is 113 Å². The van der Waals surface area contributed by atoms with E-state index in [2.05, 4.69) is 21.2 Å². The number of ether oxygens (including phenoxy) is 1. The van der Waals surface area contributed by atoms with Gasteiger partial charge in [0.25, 0.3) is 5.78 Å². The molecule has 1 N–H and O–H groups in total. The Bertz CT molecular complexity index is 1790. The number of thioether (sulfide) groups is 1. The van der Waals surface area contributed by atoms with Crippen LogP contribution in [0.1, 0.15) is 33.9 Å². The predicted octanol–water partition coefficient (Wildman–Crippen LogP) is 6.74. The van der Waals surface area contributed by atoms with Crippen LogP contribution in [0.4, 0.5) is 5.13 Å². The van der Waals surface area contributed by atoms with Gasteiger partial charge in [-0.2, -0.15) is 0 Å². The van der Waals surface area contributed by atoms with Crippen molar-refractivity contribution in [3.8, 4) is 5.75 Å². The van der Waals surface area contributed by atoms with Gasteiger partial charge in [-0.3, -0.25) is 19.5 Å². The number of nitrogens with zero attached hydrogens (tertiary/aromatic N) is 4. The standard InChI is InChI=1S/C33H26N4O4S2/c1-21-6-5-9-23(18-21)19-41-26-12-10-25(11-13-26)29(38)27-28(24-14-16-34-17-15-24)37(31(40)30(27)39)32-35-36-33(43-32)42-20-22-7-3-2-4-8-22/h2-18,28,38H,19-20H2,1H3/b29-27+. The van der Waals surface area contributed by atoms with Crippen LogP contribution in [-0.2, 0) is 21.9 Å². The Labute approximate surface area is 256 Å². The van der Waals surface area contributed by atoms with E-state index in [0.717, 1.165) is 16.7 Å². The Morgan fingerprint density at radius 1 is 0.930 bits per heavy atom. The van der Waals surface area contributed by atoms with E-state index >= 15 is 0 Å². The van der Waals surface area contributed by atoms with E-state index in [1.807, 2.05) is 55.5 Å². The average molecular weight is 607 g/mol. The van der Waals surface area contributed by atoms with Gasteiger partial charge in [0.2, 0.25) is 5.13 Å². The van der Waals surface area contributed by atoms with Gasteiger partial charge in [0.1, 0.15) is 18.1 Å². The second-order valence-corrected chi connectivity index (χ2v) is 12.1. The van der Waals surface area contributed by atoms with Crippen molar-refractivity contribution in [2.24, 2.45) is 0 Å². The van der Waals surface area contributed by atoms with Crippen molar-refractivity contribution in [1.29, 1.82) is 0 Å². The van der Waals surface area contributed by atoms with E-state index in [1.54, 1.807) is 48.8 Å². The maximum atomic E-state index is 13.5. The Hall–Kier alpha value is -4.80. The molecule has 43 heavy (non-hydrogen) atoms. The van der Waals surface area contributed by atoms with E-state index in [-0.39, 0.29) is 16.5 Å². The molecule has 1 fully saturated rings. The van der Waals surface area contributed by atoms with E-state index in [0.29, 0.717) is 33.6 Å². The highest BCUT2D eigenvalue weighted by Crippen LogP contribution is 2.44. The van der Waals surface area contributed by atoms with Crippen molar-refractivity contribution in [3.63, 3.8) is 0 Å². The summed E-state index contributed by atoms with van der Waals surface area (Å²) in [4.78, 5) is 32.3. The lowest BCUT2D eigenvalue weighted by molar-refractivity contribution is -0.132. The van der Waals surface area contributed by atoms with Gasteiger partial charge < -0.3 is 9.84 Å². The van der Waals surface area contributed by atoms with Gasteiger partial charge in [0.15, 0.2) is 4.34 Å². The Morgan fingerprint density at radius 2 is 1.67 bits per heavy atom. The number of hydrogen-bond acceptors (Lipinski definition) is 9. The molecule has 1 saturated heterocycles. The van der Waals surface area contributed by atoms with Crippen LogP contribution in [-0.4, -0.2) is 32.0 Å². The number of pyridine rings is 1. The minimum atomic E-state index is -0.903. The molecule has 0 radical (unpaired) electrons. The third kappa shape index (κ3) is 6.20. The van der Waals surface area contributed by atoms with Gasteiger partial charge in [-0.1, -0.05) is 83.3 Å². The van der Waals surface area contributed by atoms with Crippen molar-refractivity contribution in [3.05, 3.63) is 137 Å². The number of ketones is 1. The first-order valence-electron chi connectivity index (χ1n) is 13.5. The highest BCUT2D eigenvalue weighted by Gasteiger charge is 2.48. The fourth-order valence-electron chi connectivity index (χ4n) is 4.80. The van der Waals surface area contributed by atoms with E-state index < -0.39 is 17.7 Å². The van der Waals surface area contributed by atoms with Crippen molar-refractivity contribution in [1.82, 2.24) is 15.2 Å². The monoisotopic (exact) mass is 606 g/mol. The zero-order chi connectivity index (χ0) is 29.8. The number of aromatic nitrogens is 3. The molecule has 1 unspecified atom stereocenters. The topological polar surface area (TPSA) is 106 Å². The van der Waals surface area contributed by atoms with Crippen LogP contribution in [0.5, 0.6) is 5.75 Å². The van der Waals surface area contributed by atoms with Crippen LogP contribution in [0.2, 0.25) is 0 Å². The fraction of sp³-hybridized carbons (Fsp3) is 0.121. The maximum absolute atomic E-state index is 13.5. The van der Waals surface area contributed by atoms with E-state index in [1.165, 1.54) is 28.0 Å². The molecule has 2 aromatic heterocycles. The molecular weight excluding hydrogens is 581 g/mol. The largest absolute Gasteiger partial charge is 0.507 e. The molecule has 0 spiro atoms. The van der Waals surface area contributed by atoms with Crippen molar-refractivity contribution >= 4 is 45.7 Å². The molecule has 0 bridgehead atoms. The van der Waals surface area contributed by atoms with Crippen molar-refractivity contribution < 1.29 is 19.4 Å². The van der Waals surface area contributed by atoms with Gasteiger partial charge in [0, 0.05) is 23.7 Å². The number of carbonyl (C=O) groups excluding carboxylic acids is 2. The van der Waals surface area contributed by atoms with Crippen molar-refractivity contribution in [2.75, 3.05) is 4.90 Å². The summed E-state index contributed by atoms with van der Waals surface area (Å²) < 4.78 is 6.57. The third-order valence-corrected chi connectivity index (χ3v) is 9.02. The van der Waals surface area contributed by atoms with Gasteiger partial charge in [0.05, 0.1) is 11.6 Å². The summed E-state index contributed by atoms with van der Waals surface area (Å²) in [6, 6.07) is 27.3. The molecule has 5 aromatic rings. The molecule has 0 aliphatic carbocycles. The molecule has 10 heteroatoms. The highest BCUT2D eigenvalue weighted by atomic mass is 32.2. The lowest BCUT2D eigenvalue weighted by atomic mass is 9.96. The number of benzene rings is 3. The molecule has 214 valence electrons. The number of amides is 1. The summed E-state index contributed by atoms with van der Waals surface area (Å²) in [5.74, 6) is -0.563. The molecular formula is C33H26N4O4S2. The number of aryl methyl sites for hydroxylation is 1. The first kappa shape index (κ1) is 28.3. The Kier molecular flexibility index (Phi) is 8.30. The smallest absolute Gasteiger partial charge is 0.301 e. The zero-order valence-corrected chi connectivity index (χ0v) is 24.7. The van der Waals surface area contributed by atoms with Gasteiger partial charge in [-0.15, -0.1) is 10.2 Å². The van der Waals surface area contributed by atoms with E-state index in [4.69, 9.17) is 4.74 Å². The number of aliphatic hydroxyl groups is 1. The van der Waals surface area contributed by atoms with Gasteiger partial charge in [-0.25, -0.2) is 0 Å². The van der Waals surface area contributed by atoms with Gasteiger partial charge in [-0.05, 0) is 60.0 Å². The molecule has 8 nitrogen and oxygen atoms in total. The lowest BCUT2D eigenvalue weighted by Gasteiger charge is -2.22. The van der Waals surface area contributed by atoms with Gasteiger partial charge >= 0.3 is 5.91 Å². The summed E-state index contributed by atoms with van der Waals surface area (Å²) >= 11 is 2.73. The van der Waals surface area contributed by atoms with E-state index in [9.17, 15) is 14.7 Å². The summed E-state index contributed by atoms with van der Waals surface area (Å²) in [5.41, 5.74) is 4.30. The third-order valence-electron chi connectivity index (χ3n) is 6.89.